The summed E-state index contributed by atoms with van der Waals surface area (Å²) in [6.45, 7) is 3.14. The fraction of sp³-hybridized carbons (Fsp3) is 0.933. The van der Waals surface area contributed by atoms with Gasteiger partial charge in [0.25, 0.3) is 0 Å². The Morgan fingerprint density at radius 2 is 1.83 bits per heavy atom. The smallest absolute Gasteiger partial charge is 0.224 e. The third-order valence-corrected chi connectivity index (χ3v) is 4.91. The van der Waals surface area contributed by atoms with Crippen molar-refractivity contribution >= 4 is 5.91 Å². The summed E-state index contributed by atoms with van der Waals surface area (Å²) in [5.41, 5.74) is 6.47. The van der Waals surface area contributed by atoms with Gasteiger partial charge in [-0.25, -0.2) is 0 Å². The van der Waals surface area contributed by atoms with Gasteiger partial charge in [-0.1, -0.05) is 39.0 Å². The maximum absolute atomic E-state index is 12.3. The summed E-state index contributed by atoms with van der Waals surface area (Å²) in [6.07, 6.45) is 10.7. The molecule has 2 fully saturated rings. The van der Waals surface area contributed by atoms with Crippen LogP contribution in [-0.4, -0.2) is 18.5 Å². The van der Waals surface area contributed by atoms with E-state index in [1.54, 1.807) is 0 Å². The van der Waals surface area contributed by atoms with Crippen LogP contribution in [0.5, 0.6) is 0 Å². The lowest BCUT2D eigenvalue weighted by Gasteiger charge is -2.26. The van der Waals surface area contributed by atoms with Crippen molar-refractivity contribution in [2.75, 3.05) is 6.54 Å². The van der Waals surface area contributed by atoms with Crippen LogP contribution in [0, 0.1) is 11.3 Å². The highest BCUT2D eigenvalue weighted by atomic mass is 16.1. The topological polar surface area (TPSA) is 55.1 Å². The van der Waals surface area contributed by atoms with E-state index < -0.39 is 0 Å². The zero-order chi connectivity index (χ0) is 13.0. The number of carbonyl (C=O) groups excluding carboxylic acids is 1. The number of nitrogens with one attached hydrogen (secondary N) is 1. The summed E-state index contributed by atoms with van der Waals surface area (Å²) in [5, 5.41) is 3.17. The third-order valence-electron chi connectivity index (χ3n) is 4.91. The molecule has 2 unspecified atom stereocenters. The van der Waals surface area contributed by atoms with Gasteiger partial charge < -0.3 is 11.1 Å². The molecule has 18 heavy (non-hydrogen) atoms. The highest BCUT2D eigenvalue weighted by molar-refractivity contribution is 5.79. The SMILES string of the molecule is CC1(CNC(=O)C2CCCCCC2N)CCCC1. The van der Waals surface area contributed by atoms with Crippen molar-refractivity contribution in [3.63, 3.8) is 0 Å². The van der Waals surface area contributed by atoms with Gasteiger partial charge in [0.2, 0.25) is 5.91 Å². The van der Waals surface area contributed by atoms with Crippen molar-refractivity contribution in [1.29, 1.82) is 0 Å². The van der Waals surface area contributed by atoms with Crippen molar-refractivity contribution in [3.8, 4) is 0 Å². The summed E-state index contributed by atoms with van der Waals surface area (Å²) in [7, 11) is 0. The van der Waals surface area contributed by atoms with Crippen LogP contribution in [0.4, 0.5) is 0 Å². The second-order valence-electron chi connectivity index (χ2n) is 6.64. The molecule has 2 rings (SSSR count). The Morgan fingerprint density at radius 3 is 2.56 bits per heavy atom. The second-order valence-corrected chi connectivity index (χ2v) is 6.64. The average Bonchev–Trinajstić information content (AvgIpc) is 2.66. The lowest BCUT2D eigenvalue weighted by Crippen LogP contribution is -2.44. The summed E-state index contributed by atoms with van der Waals surface area (Å²) in [6, 6.07) is 0.0730. The Kier molecular flexibility index (Phi) is 4.66. The van der Waals surface area contributed by atoms with Gasteiger partial charge in [-0.15, -0.1) is 0 Å². The zero-order valence-corrected chi connectivity index (χ0v) is 11.7. The minimum Gasteiger partial charge on any atom is -0.355 e. The first-order valence-electron chi connectivity index (χ1n) is 7.64. The molecule has 3 N–H and O–H groups in total. The van der Waals surface area contributed by atoms with E-state index in [4.69, 9.17) is 5.73 Å². The molecule has 2 saturated carbocycles. The molecule has 0 bridgehead atoms. The van der Waals surface area contributed by atoms with E-state index in [1.165, 1.54) is 38.5 Å². The Balaban J connectivity index is 1.82. The van der Waals surface area contributed by atoms with Crippen LogP contribution in [0.2, 0.25) is 0 Å². The maximum atomic E-state index is 12.3. The predicted molar refractivity (Wildman–Crippen MR) is 74.1 cm³/mol. The van der Waals surface area contributed by atoms with Gasteiger partial charge in [0.1, 0.15) is 0 Å². The van der Waals surface area contributed by atoms with Crippen molar-refractivity contribution in [1.82, 2.24) is 5.32 Å². The Hall–Kier alpha value is -0.570. The summed E-state index contributed by atoms with van der Waals surface area (Å²) in [5.74, 6) is 0.259. The van der Waals surface area contributed by atoms with E-state index in [-0.39, 0.29) is 17.9 Å². The summed E-state index contributed by atoms with van der Waals surface area (Å²) in [4.78, 5) is 12.3. The molecule has 3 heteroatoms. The normalized spacial score (nSPS) is 31.9. The molecule has 0 heterocycles. The van der Waals surface area contributed by atoms with Crippen LogP contribution in [0.1, 0.15) is 64.7 Å². The van der Waals surface area contributed by atoms with Crippen LogP contribution >= 0.6 is 0 Å². The lowest BCUT2D eigenvalue weighted by atomic mass is 9.88. The van der Waals surface area contributed by atoms with Crippen LogP contribution in [0.3, 0.4) is 0 Å². The van der Waals surface area contributed by atoms with E-state index >= 15 is 0 Å². The van der Waals surface area contributed by atoms with E-state index in [9.17, 15) is 4.79 Å². The molecular formula is C15H28N2O. The highest BCUT2D eigenvalue weighted by Gasteiger charge is 2.31. The number of hydrogen-bond donors (Lipinski definition) is 2. The number of rotatable bonds is 3. The quantitative estimate of drug-likeness (QED) is 0.759. The van der Waals surface area contributed by atoms with Crippen molar-refractivity contribution in [2.24, 2.45) is 17.1 Å². The van der Waals surface area contributed by atoms with Gasteiger partial charge in [-0.05, 0) is 31.1 Å². The van der Waals surface area contributed by atoms with Crippen molar-refractivity contribution < 1.29 is 4.79 Å². The number of amides is 1. The summed E-state index contributed by atoms with van der Waals surface area (Å²) >= 11 is 0. The third kappa shape index (κ3) is 3.47. The number of carbonyl (C=O) groups is 1. The molecule has 0 saturated heterocycles. The standard InChI is InChI=1S/C15H28N2O/c1-15(9-5-6-10-15)11-17-14(18)12-7-3-2-4-8-13(12)16/h12-13H,2-11,16H2,1H3,(H,17,18). The average molecular weight is 252 g/mol. The van der Waals surface area contributed by atoms with Gasteiger partial charge >= 0.3 is 0 Å². The molecular weight excluding hydrogens is 224 g/mol. The predicted octanol–water partition coefficient (Wildman–Crippen LogP) is 2.59. The Morgan fingerprint density at radius 1 is 1.17 bits per heavy atom. The fourth-order valence-corrected chi connectivity index (χ4v) is 3.50. The molecule has 0 aromatic heterocycles. The van der Waals surface area contributed by atoms with Gasteiger partial charge in [-0.3, -0.25) is 4.79 Å². The molecule has 104 valence electrons. The van der Waals surface area contributed by atoms with E-state index in [2.05, 4.69) is 12.2 Å². The highest BCUT2D eigenvalue weighted by Crippen LogP contribution is 2.36. The molecule has 3 nitrogen and oxygen atoms in total. The molecule has 1 amide bonds. The van der Waals surface area contributed by atoms with Crippen LogP contribution in [-0.2, 0) is 4.79 Å². The molecule has 0 radical (unpaired) electrons. The molecule has 0 spiro atoms. The van der Waals surface area contributed by atoms with Crippen LogP contribution < -0.4 is 11.1 Å². The molecule has 0 aromatic carbocycles. The van der Waals surface area contributed by atoms with E-state index in [0.29, 0.717) is 5.41 Å². The number of nitrogens with two attached hydrogens (primary N) is 1. The van der Waals surface area contributed by atoms with E-state index in [1.807, 2.05) is 0 Å². The monoisotopic (exact) mass is 252 g/mol. The van der Waals surface area contributed by atoms with Gasteiger partial charge in [0.15, 0.2) is 0 Å². The first kappa shape index (κ1) is 13.9. The Labute approximate surface area is 111 Å². The van der Waals surface area contributed by atoms with Crippen molar-refractivity contribution in [2.45, 2.75) is 70.8 Å². The minimum absolute atomic E-state index is 0.0532. The van der Waals surface area contributed by atoms with Crippen molar-refractivity contribution in [3.05, 3.63) is 0 Å². The van der Waals surface area contributed by atoms with Gasteiger partial charge in [0, 0.05) is 12.6 Å². The van der Waals surface area contributed by atoms with Crippen LogP contribution in [0.25, 0.3) is 0 Å². The first-order chi connectivity index (χ1) is 8.61. The van der Waals surface area contributed by atoms with Gasteiger partial charge in [0.05, 0.1) is 5.92 Å². The molecule has 0 aromatic rings. The molecule has 0 aliphatic heterocycles. The largest absolute Gasteiger partial charge is 0.355 e. The second kappa shape index (κ2) is 6.05. The minimum atomic E-state index is 0.0532. The molecule has 2 aliphatic rings. The van der Waals surface area contributed by atoms with Crippen LogP contribution in [0.15, 0.2) is 0 Å². The first-order valence-corrected chi connectivity index (χ1v) is 7.64. The fourth-order valence-electron chi connectivity index (χ4n) is 3.50. The lowest BCUT2D eigenvalue weighted by molar-refractivity contribution is -0.126. The molecule has 2 atom stereocenters. The Bertz CT molecular complexity index is 284. The summed E-state index contributed by atoms with van der Waals surface area (Å²) < 4.78 is 0. The maximum Gasteiger partial charge on any atom is 0.224 e. The van der Waals surface area contributed by atoms with E-state index in [0.717, 1.165) is 25.8 Å². The molecule has 2 aliphatic carbocycles. The number of hydrogen-bond acceptors (Lipinski definition) is 2. The zero-order valence-electron chi connectivity index (χ0n) is 11.7. The van der Waals surface area contributed by atoms with Gasteiger partial charge in [-0.2, -0.15) is 0 Å².